The maximum atomic E-state index is 12.5. The van der Waals surface area contributed by atoms with E-state index >= 15 is 0 Å². The molecule has 1 aromatic heterocycles. The number of benzene rings is 1. The molecule has 0 spiro atoms. The maximum absolute atomic E-state index is 12.5. The highest BCUT2D eigenvalue weighted by Crippen LogP contribution is 2.32. The molecule has 0 aliphatic carbocycles. The lowest BCUT2D eigenvalue weighted by atomic mass is 10.2. The summed E-state index contributed by atoms with van der Waals surface area (Å²) in [6.45, 7) is 0. The number of nitrogens with zero attached hydrogens (tertiary/aromatic N) is 1. The summed E-state index contributed by atoms with van der Waals surface area (Å²) in [5.74, 6) is -3.12. The van der Waals surface area contributed by atoms with Crippen molar-refractivity contribution in [1.29, 1.82) is 0 Å². The molecule has 0 saturated carbocycles. The predicted molar refractivity (Wildman–Crippen MR) is 79.9 cm³/mol. The van der Waals surface area contributed by atoms with Crippen molar-refractivity contribution in [3.05, 3.63) is 47.2 Å². The zero-order valence-corrected chi connectivity index (χ0v) is 12.1. The minimum Gasteiger partial charge on any atom is -0.397 e. The highest BCUT2D eigenvalue weighted by atomic mass is 35.5. The highest BCUT2D eigenvalue weighted by Gasteiger charge is 2.15. The average molecular weight is 330 g/mol. The van der Waals surface area contributed by atoms with Gasteiger partial charge in [0.05, 0.1) is 23.1 Å². The maximum Gasteiger partial charge on any atom is 0.288 e. The quantitative estimate of drug-likeness (QED) is 0.659. The van der Waals surface area contributed by atoms with Crippen molar-refractivity contribution in [2.24, 2.45) is 0 Å². The lowest BCUT2D eigenvalue weighted by molar-refractivity contribution is 0.102. The predicted octanol–water partition coefficient (Wildman–Crippen LogP) is 3.88. The number of alkyl halides is 2. The van der Waals surface area contributed by atoms with Crippen molar-refractivity contribution in [3.63, 3.8) is 0 Å². The SMILES string of the molecule is Nc1cnc(Cl)cc1C(=O)Nc1ccccc1SC(F)F. The Hall–Kier alpha value is -1.86. The van der Waals surface area contributed by atoms with E-state index in [1.165, 1.54) is 24.4 Å². The van der Waals surface area contributed by atoms with Gasteiger partial charge in [0.2, 0.25) is 0 Å². The Morgan fingerprint density at radius 1 is 1.38 bits per heavy atom. The van der Waals surface area contributed by atoms with Gasteiger partial charge in [-0.2, -0.15) is 8.78 Å². The minimum atomic E-state index is -2.58. The van der Waals surface area contributed by atoms with Gasteiger partial charge in [0.25, 0.3) is 11.7 Å². The third kappa shape index (κ3) is 4.05. The third-order valence-corrected chi connectivity index (χ3v) is 3.49. The molecule has 0 fully saturated rings. The molecular formula is C13H10ClF2N3OS. The summed E-state index contributed by atoms with van der Waals surface area (Å²) in [6, 6.07) is 7.58. The molecular weight excluding hydrogens is 320 g/mol. The van der Waals surface area contributed by atoms with Gasteiger partial charge < -0.3 is 11.1 Å². The summed E-state index contributed by atoms with van der Waals surface area (Å²) < 4.78 is 25.0. The molecule has 110 valence electrons. The second kappa shape index (κ2) is 6.73. The molecule has 0 bridgehead atoms. The second-order valence-corrected chi connectivity index (χ2v) is 5.34. The van der Waals surface area contributed by atoms with Crippen molar-refractivity contribution in [3.8, 4) is 0 Å². The van der Waals surface area contributed by atoms with Gasteiger partial charge in [-0.15, -0.1) is 0 Å². The number of nitrogen functional groups attached to an aromatic ring is 1. The van der Waals surface area contributed by atoms with Crippen LogP contribution in [0.5, 0.6) is 0 Å². The van der Waals surface area contributed by atoms with Crippen LogP contribution in [-0.2, 0) is 0 Å². The standard InChI is InChI=1S/C13H10ClF2N3OS/c14-11-5-7(8(17)6-18-11)12(20)19-9-3-1-2-4-10(9)21-13(15)16/h1-6,13H,17H2,(H,19,20). The molecule has 0 unspecified atom stereocenters. The normalized spacial score (nSPS) is 10.7. The number of hydrogen-bond donors (Lipinski definition) is 2. The van der Waals surface area contributed by atoms with Gasteiger partial charge in [0.15, 0.2) is 0 Å². The van der Waals surface area contributed by atoms with Crippen LogP contribution in [-0.4, -0.2) is 16.6 Å². The van der Waals surface area contributed by atoms with E-state index in [-0.39, 0.29) is 27.0 Å². The first kappa shape index (κ1) is 15.5. The molecule has 0 radical (unpaired) electrons. The van der Waals surface area contributed by atoms with Crippen molar-refractivity contribution >= 4 is 40.6 Å². The molecule has 1 aromatic carbocycles. The number of pyridine rings is 1. The van der Waals surface area contributed by atoms with Crippen molar-refractivity contribution in [2.75, 3.05) is 11.1 Å². The number of carbonyl (C=O) groups excluding carboxylic acids is 1. The molecule has 1 amide bonds. The Morgan fingerprint density at radius 3 is 2.81 bits per heavy atom. The zero-order chi connectivity index (χ0) is 15.4. The van der Waals surface area contributed by atoms with Crippen LogP contribution in [0.15, 0.2) is 41.4 Å². The molecule has 2 rings (SSSR count). The van der Waals surface area contributed by atoms with E-state index in [1.54, 1.807) is 12.1 Å². The van der Waals surface area contributed by atoms with Crippen molar-refractivity contribution < 1.29 is 13.6 Å². The number of nitrogens with one attached hydrogen (secondary N) is 1. The topological polar surface area (TPSA) is 68.0 Å². The Kier molecular flexibility index (Phi) is 4.98. The largest absolute Gasteiger partial charge is 0.397 e. The summed E-state index contributed by atoms with van der Waals surface area (Å²) in [5.41, 5.74) is 6.21. The van der Waals surface area contributed by atoms with E-state index in [9.17, 15) is 13.6 Å². The summed E-state index contributed by atoms with van der Waals surface area (Å²) in [5, 5.41) is 2.66. The number of amides is 1. The van der Waals surface area contributed by atoms with Crippen LogP contribution in [0.3, 0.4) is 0 Å². The summed E-state index contributed by atoms with van der Waals surface area (Å²) in [7, 11) is 0. The molecule has 8 heteroatoms. The van der Waals surface area contributed by atoms with Crippen LogP contribution in [0.1, 0.15) is 10.4 Å². The molecule has 0 aliphatic rings. The number of halogens is 3. The fourth-order valence-corrected chi connectivity index (χ4v) is 2.35. The Bertz CT molecular complexity index is 670. The van der Waals surface area contributed by atoms with Gasteiger partial charge in [-0.3, -0.25) is 4.79 Å². The second-order valence-electron chi connectivity index (χ2n) is 3.92. The first-order valence-corrected chi connectivity index (χ1v) is 6.99. The first-order valence-electron chi connectivity index (χ1n) is 5.73. The summed E-state index contributed by atoms with van der Waals surface area (Å²) in [4.78, 5) is 16.2. The van der Waals surface area contributed by atoms with E-state index in [4.69, 9.17) is 17.3 Å². The van der Waals surface area contributed by atoms with Crippen LogP contribution in [0.2, 0.25) is 5.15 Å². The lowest BCUT2D eigenvalue weighted by Gasteiger charge is -2.11. The molecule has 4 nitrogen and oxygen atoms in total. The molecule has 2 aromatic rings. The van der Waals surface area contributed by atoms with E-state index in [0.29, 0.717) is 11.8 Å². The van der Waals surface area contributed by atoms with E-state index in [2.05, 4.69) is 10.3 Å². The zero-order valence-electron chi connectivity index (χ0n) is 10.5. The molecule has 0 atom stereocenters. The lowest BCUT2D eigenvalue weighted by Crippen LogP contribution is -2.15. The number of hydrogen-bond acceptors (Lipinski definition) is 4. The third-order valence-electron chi connectivity index (χ3n) is 2.50. The number of anilines is 2. The van der Waals surface area contributed by atoms with E-state index in [0.717, 1.165) is 0 Å². The Morgan fingerprint density at radius 2 is 2.10 bits per heavy atom. The van der Waals surface area contributed by atoms with E-state index < -0.39 is 11.7 Å². The van der Waals surface area contributed by atoms with Crippen LogP contribution in [0.25, 0.3) is 0 Å². The fraction of sp³-hybridized carbons (Fsp3) is 0.0769. The monoisotopic (exact) mass is 329 g/mol. The molecule has 0 aliphatic heterocycles. The molecule has 1 heterocycles. The Labute approximate surface area is 128 Å². The fourth-order valence-electron chi connectivity index (χ4n) is 1.60. The number of thioether (sulfide) groups is 1. The first-order chi connectivity index (χ1) is 9.97. The molecule has 21 heavy (non-hydrogen) atoms. The van der Waals surface area contributed by atoms with Crippen molar-refractivity contribution in [1.82, 2.24) is 4.98 Å². The van der Waals surface area contributed by atoms with Crippen LogP contribution >= 0.6 is 23.4 Å². The molecule has 0 saturated heterocycles. The smallest absolute Gasteiger partial charge is 0.288 e. The van der Waals surface area contributed by atoms with Gasteiger partial charge in [-0.1, -0.05) is 35.5 Å². The summed E-state index contributed by atoms with van der Waals surface area (Å²) in [6.07, 6.45) is 1.26. The van der Waals surface area contributed by atoms with Crippen LogP contribution in [0.4, 0.5) is 20.2 Å². The highest BCUT2D eigenvalue weighted by molar-refractivity contribution is 7.99. The average Bonchev–Trinajstić information content (AvgIpc) is 2.43. The number of aromatic nitrogens is 1. The Balaban J connectivity index is 2.25. The van der Waals surface area contributed by atoms with Gasteiger partial charge >= 0.3 is 0 Å². The van der Waals surface area contributed by atoms with Crippen molar-refractivity contribution in [2.45, 2.75) is 10.7 Å². The number of nitrogens with two attached hydrogens (primary N) is 1. The molecule has 3 N–H and O–H groups in total. The van der Waals surface area contributed by atoms with Crippen LogP contribution < -0.4 is 11.1 Å². The van der Waals surface area contributed by atoms with Gasteiger partial charge in [-0.05, 0) is 18.2 Å². The van der Waals surface area contributed by atoms with Gasteiger partial charge in [-0.25, -0.2) is 4.98 Å². The summed E-state index contributed by atoms with van der Waals surface area (Å²) >= 11 is 6.07. The number of para-hydroxylation sites is 1. The number of rotatable bonds is 4. The van der Waals surface area contributed by atoms with Gasteiger partial charge in [0.1, 0.15) is 5.15 Å². The minimum absolute atomic E-state index is 0.115. The van der Waals surface area contributed by atoms with Crippen LogP contribution in [0, 0.1) is 0 Å². The number of carbonyl (C=O) groups is 1. The van der Waals surface area contributed by atoms with Gasteiger partial charge in [0, 0.05) is 4.90 Å². The van der Waals surface area contributed by atoms with E-state index in [1.807, 2.05) is 0 Å².